The maximum Gasteiger partial charge on any atom is 0.251 e. The molecule has 0 aliphatic carbocycles. The third kappa shape index (κ3) is 4.16. The molecule has 8 heteroatoms. The Kier molecular flexibility index (Phi) is 3.85. The summed E-state index contributed by atoms with van der Waals surface area (Å²) in [7, 11) is -6.65. The van der Waals surface area contributed by atoms with Crippen molar-refractivity contribution in [3.05, 3.63) is 36.0 Å². The molecule has 0 heterocycles. The zero-order valence-electron chi connectivity index (χ0n) is 10.3. The second-order valence-electron chi connectivity index (χ2n) is 3.97. The van der Waals surface area contributed by atoms with Crippen LogP contribution >= 0.6 is 10.7 Å². The fraction of sp³-hybridized carbons (Fsp3) is 0.182. The quantitative estimate of drug-likeness (QED) is 0.581. The molecular weight excluding hydrogens is 284 g/mol. The first-order valence-corrected chi connectivity index (χ1v) is 6.99. The van der Waals surface area contributed by atoms with Crippen molar-refractivity contribution in [2.45, 2.75) is 11.8 Å². The summed E-state index contributed by atoms with van der Waals surface area (Å²) in [5.41, 5.74) is 0.0577. The Labute approximate surface area is 109 Å². The van der Waals surface area contributed by atoms with Crippen LogP contribution in [0.15, 0.2) is 35.4 Å². The molecule has 0 saturated heterocycles. The van der Waals surface area contributed by atoms with Crippen molar-refractivity contribution in [1.82, 2.24) is 5.32 Å². The van der Waals surface area contributed by atoms with E-state index in [4.69, 9.17) is 0 Å². The fourth-order valence-corrected chi connectivity index (χ4v) is 2.07. The molecular formula is C11H14F4N2OS. The predicted octanol–water partition coefficient (Wildman–Crippen LogP) is 3.96. The summed E-state index contributed by atoms with van der Waals surface area (Å²) in [4.78, 5) is 9.96. The minimum absolute atomic E-state index is 0.0387. The normalized spacial score (nSPS) is 13.3. The maximum atomic E-state index is 12.8. The van der Waals surface area contributed by atoms with Crippen LogP contribution in [0.1, 0.15) is 17.3 Å². The minimum Gasteiger partial charge on any atom is -0.360 e. The van der Waals surface area contributed by atoms with E-state index in [0.29, 0.717) is 17.8 Å². The van der Waals surface area contributed by atoms with E-state index in [9.17, 15) is 20.3 Å². The van der Waals surface area contributed by atoms with Gasteiger partial charge >= 0.3 is 0 Å². The SMILES string of the molecule is C=C(C)Nc1cc(C(=O)NC)cc([SH](F)(F)(F)F)c1. The number of nitrogens with one attached hydrogen (secondary N) is 2. The van der Waals surface area contributed by atoms with E-state index < -0.39 is 21.5 Å². The average Bonchev–Trinajstić information content (AvgIpc) is 2.24. The first-order chi connectivity index (χ1) is 8.49. The fourth-order valence-electron chi connectivity index (χ4n) is 1.40. The Morgan fingerprint density at radius 2 is 1.79 bits per heavy atom. The maximum absolute atomic E-state index is 12.8. The molecule has 0 aromatic heterocycles. The molecule has 1 amide bonds. The van der Waals surface area contributed by atoms with E-state index in [2.05, 4.69) is 17.2 Å². The van der Waals surface area contributed by atoms with Crippen molar-refractivity contribution in [3.8, 4) is 0 Å². The van der Waals surface area contributed by atoms with Gasteiger partial charge in [0, 0.05) is 24.0 Å². The lowest BCUT2D eigenvalue weighted by atomic mass is 10.2. The average molecular weight is 298 g/mol. The van der Waals surface area contributed by atoms with Gasteiger partial charge < -0.3 is 10.6 Å². The molecule has 19 heavy (non-hydrogen) atoms. The standard InChI is InChI=1S/C11H14F4N2OS/c1-7(2)17-9-4-8(11(18)16-3)5-10(6-9)19(12,13,14)15/h4-6,17,19H,1H2,2-3H3,(H,16,18). The van der Waals surface area contributed by atoms with Crippen LogP contribution in [0.5, 0.6) is 0 Å². The second kappa shape index (κ2) is 4.76. The van der Waals surface area contributed by atoms with Crippen LogP contribution in [-0.4, -0.2) is 13.0 Å². The monoisotopic (exact) mass is 298 g/mol. The zero-order chi connectivity index (χ0) is 14.9. The molecule has 0 radical (unpaired) electrons. The molecule has 0 unspecified atom stereocenters. The molecule has 3 nitrogen and oxygen atoms in total. The topological polar surface area (TPSA) is 41.1 Å². The van der Waals surface area contributed by atoms with Crippen LogP contribution in [0.4, 0.5) is 21.2 Å². The zero-order valence-corrected chi connectivity index (χ0v) is 11.2. The number of benzene rings is 1. The number of carbonyl (C=O) groups is 1. The summed E-state index contributed by atoms with van der Waals surface area (Å²) in [6.07, 6.45) is 0. The van der Waals surface area contributed by atoms with Gasteiger partial charge in [0.25, 0.3) is 5.91 Å². The number of thiol groups is 1. The Morgan fingerprint density at radius 1 is 1.21 bits per heavy atom. The van der Waals surface area contributed by atoms with Gasteiger partial charge in [-0.2, -0.15) is 0 Å². The van der Waals surface area contributed by atoms with Gasteiger partial charge in [0.05, 0.1) is 4.90 Å². The van der Waals surface area contributed by atoms with E-state index in [1.807, 2.05) is 0 Å². The van der Waals surface area contributed by atoms with Crippen molar-refractivity contribution in [1.29, 1.82) is 0 Å². The molecule has 0 aliphatic rings. The van der Waals surface area contributed by atoms with E-state index in [0.717, 1.165) is 0 Å². The molecule has 0 saturated carbocycles. The molecule has 0 fully saturated rings. The summed E-state index contributed by atoms with van der Waals surface area (Å²) in [6, 6.07) is 2.32. The molecule has 0 bridgehead atoms. The van der Waals surface area contributed by atoms with Gasteiger partial charge in [-0.3, -0.25) is 4.79 Å². The van der Waals surface area contributed by atoms with Gasteiger partial charge in [0.1, 0.15) is 0 Å². The molecule has 0 atom stereocenters. The molecule has 1 aromatic carbocycles. The number of rotatable bonds is 4. The lowest BCUT2D eigenvalue weighted by molar-refractivity contribution is 0.0963. The number of amides is 1. The lowest BCUT2D eigenvalue weighted by Crippen LogP contribution is -2.18. The van der Waals surface area contributed by atoms with Crippen LogP contribution < -0.4 is 10.6 Å². The van der Waals surface area contributed by atoms with Crippen molar-refractivity contribution < 1.29 is 20.3 Å². The van der Waals surface area contributed by atoms with Crippen molar-refractivity contribution in [2.24, 2.45) is 0 Å². The van der Waals surface area contributed by atoms with Gasteiger partial charge in [-0.25, -0.2) is 0 Å². The minimum atomic E-state index is -7.92. The largest absolute Gasteiger partial charge is 0.360 e. The van der Waals surface area contributed by atoms with E-state index >= 15 is 0 Å². The molecule has 0 aliphatic heterocycles. The number of hydrogen-bond donors (Lipinski definition) is 3. The highest BCUT2D eigenvalue weighted by Gasteiger charge is 2.40. The highest BCUT2D eigenvalue weighted by Crippen LogP contribution is 2.82. The Balaban J connectivity index is 3.41. The van der Waals surface area contributed by atoms with Crippen LogP contribution in [0.3, 0.4) is 0 Å². The highest BCUT2D eigenvalue weighted by molar-refractivity contribution is 8.33. The van der Waals surface area contributed by atoms with Gasteiger partial charge in [-0.05, 0) is 25.1 Å². The summed E-state index contributed by atoms with van der Waals surface area (Å²) in [6.45, 7) is 5.01. The van der Waals surface area contributed by atoms with Crippen molar-refractivity contribution >= 4 is 22.3 Å². The van der Waals surface area contributed by atoms with E-state index in [1.54, 1.807) is 0 Å². The molecule has 2 N–H and O–H groups in total. The molecule has 1 aromatic rings. The number of anilines is 1. The first-order valence-electron chi connectivity index (χ1n) is 5.19. The Morgan fingerprint density at radius 3 is 2.21 bits per heavy atom. The van der Waals surface area contributed by atoms with Crippen molar-refractivity contribution in [3.63, 3.8) is 0 Å². The van der Waals surface area contributed by atoms with Crippen LogP contribution in [0.2, 0.25) is 0 Å². The summed E-state index contributed by atoms with van der Waals surface area (Å²) >= 11 is 0. The number of halogens is 4. The number of allylic oxidation sites excluding steroid dienone is 1. The second-order valence-corrected chi connectivity index (χ2v) is 5.93. The summed E-state index contributed by atoms with van der Waals surface area (Å²) < 4.78 is 51.3. The lowest BCUT2D eigenvalue weighted by Gasteiger charge is -2.30. The summed E-state index contributed by atoms with van der Waals surface area (Å²) in [5, 5.41) is 4.72. The first kappa shape index (κ1) is 15.4. The van der Waals surface area contributed by atoms with Gasteiger partial charge in [-0.1, -0.05) is 6.58 Å². The number of hydrogen-bond acceptors (Lipinski definition) is 2. The highest BCUT2D eigenvalue weighted by atomic mass is 32.4. The van der Waals surface area contributed by atoms with Crippen molar-refractivity contribution in [2.75, 3.05) is 12.4 Å². The van der Waals surface area contributed by atoms with E-state index in [1.165, 1.54) is 20.0 Å². The van der Waals surface area contributed by atoms with Crippen LogP contribution in [0.25, 0.3) is 0 Å². The predicted molar refractivity (Wildman–Crippen MR) is 70.0 cm³/mol. The number of carbonyl (C=O) groups excluding carboxylic acids is 1. The Bertz CT molecular complexity index is 530. The van der Waals surface area contributed by atoms with E-state index in [-0.39, 0.29) is 11.3 Å². The molecule has 108 valence electrons. The van der Waals surface area contributed by atoms with Gasteiger partial charge in [-0.15, -0.1) is 15.5 Å². The third-order valence-electron chi connectivity index (χ3n) is 2.16. The van der Waals surface area contributed by atoms with Gasteiger partial charge in [0.15, 0.2) is 10.7 Å². The summed E-state index contributed by atoms with van der Waals surface area (Å²) in [5.74, 6) is -0.730. The smallest absolute Gasteiger partial charge is 0.251 e. The molecule has 1 rings (SSSR count). The third-order valence-corrected chi connectivity index (χ3v) is 3.19. The van der Waals surface area contributed by atoms with Crippen LogP contribution in [-0.2, 0) is 0 Å². The van der Waals surface area contributed by atoms with Gasteiger partial charge in [0.2, 0.25) is 0 Å². The van der Waals surface area contributed by atoms with Crippen LogP contribution in [0, 0.1) is 0 Å². The molecule has 0 spiro atoms. The Hall–Kier alpha value is -1.70.